The Morgan fingerprint density at radius 1 is 1.04 bits per heavy atom. The molecular formula is C18H33N3O3. The molecule has 1 aliphatic heterocycles. The number of likely N-dealkylation sites (tertiary alicyclic amines) is 1. The lowest BCUT2D eigenvalue weighted by molar-refractivity contribution is -0.138. The first-order valence-electron chi connectivity index (χ1n) is 9.48. The van der Waals surface area contributed by atoms with Crippen LogP contribution in [-0.4, -0.2) is 72.1 Å². The smallest absolute Gasteiger partial charge is 0.317 e. The number of hydrogen-bond donors (Lipinski definition) is 2. The quantitative estimate of drug-likeness (QED) is 0.721. The Hall–Kier alpha value is -1.14. The van der Waals surface area contributed by atoms with Crippen molar-refractivity contribution in [3.8, 4) is 0 Å². The number of hydrogen-bond acceptors (Lipinski definition) is 4. The summed E-state index contributed by atoms with van der Waals surface area (Å²) in [5.74, 6) is -0.624. The van der Waals surface area contributed by atoms with Crippen molar-refractivity contribution in [3.05, 3.63) is 0 Å². The molecule has 2 rings (SSSR count). The van der Waals surface area contributed by atoms with E-state index in [1.54, 1.807) is 0 Å². The molecule has 0 aromatic heterocycles. The Morgan fingerprint density at radius 2 is 1.75 bits per heavy atom. The molecule has 1 saturated carbocycles. The zero-order chi connectivity index (χ0) is 17.4. The van der Waals surface area contributed by atoms with Crippen LogP contribution in [0.4, 0.5) is 0 Å². The molecule has 6 nitrogen and oxygen atoms in total. The second-order valence-electron chi connectivity index (χ2n) is 7.43. The summed E-state index contributed by atoms with van der Waals surface area (Å²) in [6.45, 7) is 2.36. The molecule has 0 radical (unpaired) electrons. The van der Waals surface area contributed by atoms with E-state index in [0.717, 1.165) is 45.2 Å². The average molecular weight is 339 g/mol. The third kappa shape index (κ3) is 6.77. The molecule has 2 N–H and O–H groups in total. The molecule has 0 aromatic rings. The summed E-state index contributed by atoms with van der Waals surface area (Å²) in [5, 5.41) is 12.1. The molecule has 24 heavy (non-hydrogen) atoms. The number of likely N-dealkylation sites (N-methyl/N-ethyl adjacent to an activating group) is 1. The SMILES string of the molecule is CN(CC(=O)O)C1CCCN(CC(=O)NC2CCCCCC2)CC1. The highest BCUT2D eigenvalue weighted by Gasteiger charge is 2.23. The summed E-state index contributed by atoms with van der Waals surface area (Å²) < 4.78 is 0. The standard InChI is InChI=1S/C18H33N3O3/c1-20(14-18(23)24)16-9-6-11-21(12-10-16)13-17(22)19-15-7-4-2-3-5-8-15/h15-16H,2-14H2,1H3,(H,19,22)(H,23,24). The molecule has 1 atom stereocenters. The van der Waals surface area contributed by atoms with Crippen molar-refractivity contribution in [2.24, 2.45) is 0 Å². The van der Waals surface area contributed by atoms with E-state index in [0.29, 0.717) is 18.6 Å². The largest absolute Gasteiger partial charge is 0.480 e. The van der Waals surface area contributed by atoms with E-state index in [-0.39, 0.29) is 12.5 Å². The highest BCUT2D eigenvalue weighted by molar-refractivity contribution is 5.78. The summed E-state index contributed by atoms with van der Waals surface area (Å²) in [4.78, 5) is 27.3. The number of carboxylic acids is 1. The summed E-state index contributed by atoms with van der Waals surface area (Å²) >= 11 is 0. The van der Waals surface area contributed by atoms with Crippen LogP contribution in [0.2, 0.25) is 0 Å². The summed E-state index contributed by atoms with van der Waals surface area (Å²) in [6, 6.07) is 0.664. The van der Waals surface area contributed by atoms with E-state index < -0.39 is 5.97 Å². The van der Waals surface area contributed by atoms with Crippen molar-refractivity contribution in [1.82, 2.24) is 15.1 Å². The number of carbonyl (C=O) groups is 2. The number of carboxylic acid groups (broad SMARTS) is 1. The zero-order valence-electron chi connectivity index (χ0n) is 15.0. The van der Waals surface area contributed by atoms with Gasteiger partial charge in [-0.05, 0) is 45.7 Å². The van der Waals surface area contributed by atoms with Crippen LogP contribution < -0.4 is 5.32 Å². The minimum absolute atomic E-state index is 0.0901. The Balaban J connectivity index is 1.72. The van der Waals surface area contributed by atoms with Gasteiger partial charge in [0, 0.05) is 18.6 Å². The fraction of sp³-hybridized carbons (Fsp3) is 0.889. The molecule has 138 valence electrons. The van der Waals surface area contributed by atoms with E-state index in [2.05, 4.69) is 10.2 Å². The van der Waals surface area contributed by atoms with Crippen LogP contribution in [0.15, 0.2) is 0 Å². The van der Waals surface area contributed by atoms with Gasteiger partial charge in [-0.2, -0.15) is 0 Å². The van der Waals surface area contributed by atoms with Crippen molar-refractivity contribution in [2.75, 3.05) is 33.2 Å². The maximum atomic E-state index is 12.3. The molecule has 2 fully saturated rings. The van der Waals surface area contributed by atoms with E-state index >= 15 is 0 Å². The van der Waals surface area contributed by atoms with Crippen molar-refractivity contribution < 1.29 is 14.7 Å². The molecular weight excluding hydrogens is 306 g/mol. The van der Waals surface area contributed by atoms with Gasteiger partial charge in [0.05, 0.1) is 13.1 Å². The van der Waals surface area contributed by atoms with Gasteiger partial charge >= 0.3 is 5.97 Å². The minimum atomic E-state index is -0.776. The van der Waals surface area contributed by atoms with Crippen molar-refractivity contribution in [2.45, 2.75) is 69.9 Å². The van der Waals surface area contributed by atoms with Gasteiger partial charge in [-0.3, -0.25) is 19.4 Å². The molecule has 1 unspecified atom stereocenters. The van der Waals surface area contributed by atoms with Crippen molar-refractivity contribution in [1.29, 1.82) is 0 Å². The summed E-state index contributed by atoms with van der Waals surface area (Å²) in [7, 11) is 1.88. The van der Waals surface area contributed by atoms with Crippen molar-refractivity contribution >= 4 is 11.9 Å². The second kappa shape index (κ2) is 9.99. The van der Waals surface area contributed by atoms with Crippen LogP contribution >= 0.6 is 0 Å². The second-order valence-corrected chi connectivity index (χ2v) is 7.43. The topological polar surface area (TPSA) is 72.9 Å². The fourth-order valence-corrected chi connectivity index (χ4v) is 3.98. The van der Waals surface area contributed by atoms with E-state index in [1.807, 2.05) is 11.9 Å². The Bertz CT molecular complexity index is 408. The van der Waals surface area contributed by atoms with Gasteiger partial charge in [0.15, 0.2) is 0 Å². The Kier molecular flexibility index (Phi) is 7.99. The first-order chi connectivity index (χ1) is 11.5. The molecule has 0 bridgehead atoms. The Labute approximate surface area is 145 Å². The Morgan fingerprint density at radius 3 is 2.42 bits per heavy atom. The number of amides is 1. The maximum absolute atomic E-state index is 12.3. The van der Waals surface area contributed by atoms with Gasteiger partial charge in [-0.25, -0.2) is 0 Å². The number of nitrogens with one attached hydrogen (secondary N) is 1. The van der Waals surface area contributed by atoms with Crippen LogP contribution in [0, 0.1) is 0 Å². The van der Waals surface area contributed by atoms with Gasteiger partial charge in [-0.15, -0.1) is 0 Å². The highest BCUT2D eigenvalue weighted by Crippen LogP contribution is 2.18. The predicted octanol–water partition coefficient (Wildman–Crippen LogP) is 1.70. The number of carbonyl (C=O) groups excluding carboxylic acids is 1. The van der Waals surface area contributed by atoms with E-state index in [9.17, 15) is 9.59 Å². The molecule has 2 aliphatic rings. The van der Waals surface area contributed by atoms with Gasteiger partial charge in [0.2, 0.25) is 5.91 Å². The zero-order valence-corrected chi connectivity index (χ0v) is 15.0. The lowest BCUT2D eigenvalue weighted by Gasteiger charge is -2.25. The lowest BCUT2D eigenvalue weighted by Crippen LogP contribution is -2.42. The van der Waals surface area contributed by atoms with Crippen LogP contribution in [0.25, 0.3) is 0 Å². The third-order valence-electron chi connectivity index (χ3n) is 5.39. The first kappa shape index (κ1) is 19.2. The fourth-order valence-electron chi connectivity index (χ4n) is 3.98. The average Bonchev–Trinajstić information content (AvgIpc) is 2.89. The molecule has 6 heteroatoms. The highest BCUT2D eigenvalue weighted by atomic mass is 16.4. The molecule has 0 spiro atoms. The monoisotopic (exact) mass is 339 g/mol. The molecule has 1 aliphatic carbocycles. The molecule has 0 aromatic carbocycles. The van der Waals surface area contributed by atoms with Crippen LogP contribution in [0.5, 0.6) is 0 Å². The number of rotatable bonds is 6. The maximum Gasteiger partial charge on any atom is 0.317 e. The molecule has 1 saturated heterocycles. The van der Waals surface area contributed by atoms with Crippen molar-refractivity contribution in [3.63, 3.8) is 0 Å². The predicted molar refractivity (Wildman–Crippen MR) is 94.0 cm³/mol. The van der Waals surface area contributed by atoms with E-state index in [1.165, 1.54) is 25.7 Å². The van der Waals surface area contributed by atoms with Crippen LogP contribution in [0.3, 0.4) is 0 Å². The number of aliphatic carboxylic acids is 1. The van der Waals surface area contributed by atoms with Gasteiger partial charge in [0.1, 0.15) is 0 Å². The molecule has 1 amide bonds. The lowest BCUT2D eigenvalue weighted by atomic mass is 10.1. The minimum Gasteiger partial charge on any atom is -0.480 e. The van der Waals surface area contributed by atoms with Gasteiger partial charge in [-0.1, -0.05) is 25.7 Å². The number of nitrogens with zero attached hydrogens (tertiary/aromatic N) is 2. The van der Waals surface area contributed by atoms with Gasteiger partial charge in [0.25, 0.3) is 0 Å². The summed E-state index contributed by atoms with van der Waals surface area (Å²) in [5.41, 5.74) is 0. The normalized spacial score (nSPS) is 24.3. The van der Waals surface area contributed by atoms with E-state index in [4.69, 9.17) is 5.11 Å². The van der Waals surface area contributed by atoms with Crippen LogP contribution in [-0.2, 0) is 9.59 Å². The summed E-state index contributed by atoms with van der Waals surface area (Å²) in [6.07, 6.45) is 10.2. The van der Waals surface area contributed by atoms with Crippen LogP contribution in [0.1, 0.15) is 57.8 Å². The molecule has 1 heterocycles. The first-order valence-corrected chi connectivity index (χ1v) is 9.48. The third-order valence-corrected chi connectivity index (χ3v) is 5.39. The van der Waals surface area contributed by atoms with Gasteiger partial charge < -0.3 is 10.4 Å².